The molecule has 2 N–H and O–H groups in total. The number of hydrogen-bond acceptors (Lipinski definition) is 4. The molecule has 0 radical (unpaired) electrons. The minimum Gasteiger partial charge on any atom is -0.469 e. The van der Waals surface area contributed by atoms with E-state index in [1.54, 1.807) is 0 Å². The molecule has 0 aliphatic rings. The Morgan fingerprint density at radius 2 is 1.68 bits per heavy atom. The van der Waals surface area contributed by atoms with Gasteiger partial charge in [0.15, 0.2) is 8.32 Å². The first kappa shape index (κ1) is 18.7. The van der Waals surface area contributed by atoms with Crippen molar-refractivity contribution >= 4 is 20.0 Å². The fourth-order valence-electron chi connectivity index (χ4n) is 1.95. The van der Waals surface area contributed by atoms with Gasteiger partial charge in [-0.25, -0.2) is 0 Å². The van der Waals surface area contributed by atoms with Crippen LogP contribution in [0.4, 0.5) is 5.69 Å². The molecule has 0 aliphatic heterocycles. The molecule has 5 heteroatoms. The highest BCUT2D eigenvalue weighted by molar-refractivity contribution is 6.74. The van der Waals surface area contributed by atoms with E-state index >= 15 is 0 Å². The van der Waals surface area contributed by atoms with E-state index in [1.165, 1.54) is 7.11 Å². The number of nitrogen functional groups attached to an aromatic ring is 1. The van der Waals surface area contributed by atoms with Gasteiger partial charge < -0.3 is 14.9 Å². The van der Waals surface area contributed by atoms with Crippen molar-refractivity contribution in [2.45, 2.75) is 51.9 Å². The van der Waals surface area contributed by atoms with E-state index in [0.29, 0.717) is 5.69 Å². The van der Waals surface area contributed by atoms with Gasteiger partial charge in [0.05, 0.1) is 19.1 Å². The van der Waals surface area contributed by atoms with Gasteiger partial charge in [-0.15, -0.1) is 0 Å². The molecule has 0 saturated carbocycles. The molecule has 0 aliphatic carbocycles. The number of anilines is 1. The maximum absolute atomic E-state index is 12.0. The Bertz CT molecular complexity index is 506. The van der Waals surface area contributed by atoms with Gasteiger partial charge in [-0.3, -0.25) is 4.79 Å². The largest absolute Gasteiger partial charge is 0.469 e. The van der Waals surface area contributed by atoms with Gasteiger partial charge in [0.2, 0.25) is 0 Å². The Morgan fingerprint density at radius 3 is 2.09 bits per heavy atom. The van der Waals surface area contributed by atoms with E-state index in [2.05, 4.69) is 33.9 Å². The lowest BCUT2D eigenvalue weighted by Gasteiger charge is -2.40. The molecule has 0 spiro atoms. The number of esters is 1. The third kappa shape index (κ3) is 4.33. The van der Waals surface area contributed by atoms with E-state index in [9.17, 15) is 4.79 Å². The number of carbonyl (C=O) groups is 1. The first-order chi connectivity index (χ1) is 9.99. The second-order valence-corrected chi connectivity index (χ2v) is 12.0. The number of ether oxygens (including phenoxy) is 1. The molecule has 0 fully saturated rings. The van der Waals surface area contributed by atoms with E-state index in [4.69, 9.17) is 14.9 Å². The van der Waals surface area contributed by atoms with Gasteiger partial charge in [0, 0.05) is 5.69 Å². The van der Waals surface area contributed by atoms with Crippen LogP contribution in [0.5, 0.6) is 0 Å². The predicted octanol–water partition coefficient (Wildman–Crippen LogP) is 4.14. The Labute approximate surface area is 135 Å². The van der Waals surface area contributed by atoms with E-state index < -0.39 is 8.32 Å². The Kier molecular flexibility index (Phi) is 5.81. The summed E-state index contributed by atoms with van der Waals surface area (Å²) in [5.41, 5.74) is 7.41. The predicted molar refractivity (Wildman–Crippen MR) is 93.1 cm³/mol. The number of methoxy groups -OCH3 is 1. The molecule has 4 nitrogen and oxygen atoms in total. The monoisotopic (exact) mass is 323 g/mol. The van der Waals surface area contributed by atoms with Crippen LogP contribution in [-0.2, 0) is 14.0 Å². The van der Waals surface area contributed by atoms with Gasteiger partial charge in [0.25, 0.3) is 0 Å². The van der Waals surface area contributed by atoms with Crippen molar-refractivity contribution in [3.8, 4) is 0 Å². The number of rotatable bonds is 5. The highest BCUT2D eigenvalue weighted by Crippen LogP contribution is 2.41. The summed E-state index contributed by atoms with van der Waals surface area (Å²) in [5, 5.41) is 0.0644. The minimum atomic E-state index is -2.02. The summed E-state index contributed by atoms with van der Waals surface area (Å²) in [7, 11) is -0.617. The highest BCUT2D eigenvalue weighted by Gasteiger charge is 2.41. The maximum atomic E-state index is 12.0. The zero-order chi connectivity index (χ0) is 17.1. The van der Waals surface area contributed by atoms with Crippen molar-refractivity contribution < 1.29 is 14.0 Å². The van der Waals surface area contributed by atoms with Crippen LogP contribution in [0.2, 0.25) is 18.1 Å². The lowest BCUT2D eigenvalue weighted by atomic mass is 9.97. The molecule has 2 atom stereocenters. The van der Waals surface area contributed by atoms with Crippen LogP contribution in [0.3, 0.4) is 0 Å². The van der Waals surface area contributed by atoms with E-state index in [0.717, 1.165) is 5.56 Å². The normalized spacial score (nSPS) is 15.2. The molecule has 22 heavy (non-hydrogen) atoms. The molecule has 0 saturated heterocycles. The summed E-state index contributed by atoms with van der Waals surface area (Å²) in [4.78, 5) is 12.0. The summed E-state index contributed by atoms with van der Waals surface area (Å²) >= 11 is 0. The molecule has 0 unspecified atom stereocenters. The third-order valence-corrected chi connectivity index (χ3v) is 8.98. The van der Waals surface area contributed by atoms with Gasteiger partial charge in [-0.2, -0.15) is 0 Å². The van der Waals surface area contributed by atoms with Gasteiger partial charge in [0.1, 0.15) is 0 Å². The summed E-state index contributed by atoms with van der Waals surface area (Å²) in [5.74, 6) is -0.636. The fourth-order valence-corrected chi connectivity index (χ4v) is 3.28. The van der Waals surface area contributed by atoms with Crippen molar-refractivity contribution in [3.05, 3.63) is 29.8 Å². The summed E-state index contributed by atoms with van der Waals surface area (Å²) in [6.45, 7) is 12.8. The topological polar surface area (TPSA) is 61.5 Å². The van der Waals surface area contributed by atoms with Crippen molar-refractivity contribution in [1.29, 1.82) is 0 Å². The molecule has 0 bridgehead atoms. The van der Waals surface area contributed by atoms with Crippen molar-refractivity contribution in [3.63, 3.8) is 0 Å². The van der Waals surface area contributed by atoms with E-state index in [1.807, 2.05) is 31.2 Å². The number of hydrogen-bond donors (Lipinski definition) is 1. The van der Waals surface area contributed by atoms with Crippen LogP contribution in [0.15, 0.2) is 24.3 Å². The quantitative estimate of drug-likeness (QED) is 0.502. The third-order valence-electron chi connectivity index (χ3n) is 4.52. The fraction of sp³-hybridized carbons (Fsp3) is 0.588. The average molecular weight is 324 g/mol. The number of nitrogens with two attached hydrogens (primary N) is 1. The summed E-state index contributed by atoms with van der Waals surface area (Å²) in [6.07, 6.45) is -0.325. The second-order valence-electron chi connectivity index (χ2n) is 7.28. The maximum Gasteiger partial charge on any atom is 0.311 e. The highest BCUT2D eigenvalue weighted by atomic mass is 28.4. The Morgan fingerprint density at radius 1 is 1.18 bits per heavy atom. The van der Waals surface area contributed by atoms with Crippen molar-refractivity contribution in [1.82, 2.24) is 0 Å². The van der Waals surface area contributed by atoms with Crippen LogP contribution >= 0.6 is 0 Å². The average Bonchev–Trinajstić information content (AvgIpc) is 2.43. The van der Waals surface area contributed by atoms with Gasteiger partial charge in [-0.1, -0.05) is 32.9 Å². The molecular formula is C17H29NO3Si. The zero-order valence-electron chi connectivity index (χ0n) is 14.8. The first-order valence-electron chi connectivity index (χ1n) is 7.60. The van der Waals surface area contributed by atoms with Crippen molar-refractivity contribution in [2.75, 3.05) is 12.8 Å². The molecule has 0 heterocycles. The van der Waals surface area contributed by atoms with Crippen molar-refractivity contribution in [2.24, 2.45) is 5.92 Å². The Balaban J connectivity index is 3.17. The Hall–Kier alpha value is -1.33. The molecule has 0 aromatic heterocycles. The standard InChI is InChI=1S/C17H29NO3Si/c1-12(16(19)20-5)15(13-8-10-14(18)11-9-13)21-22(6,7)17(2,3)4/h8-12,15H,18H2,1-7H3/t12-,15-/m1/s1. The smallest absolute Gasteiger partial charge is 0.311 e. The van der Waals surface area contributed by atoms with Crippen LogP contribution < -0.4 is 5.73 Å². The lowest BCUT2D eigenvalue weighted by Crippen LogP contribution is -2.43. The number of carbonyl (C=O) groups excluding carboxylic acids is 1. The number of benzene rings is 1. The van der Waals surface area contributed by atoms with Gasteiger partial charge in [-0.05, 0) is 42.8 Å². The van der Waals surface area contributed by atoms with Crippen LogP contribution in [0, 0.1) is 5.92 Å². The van der Waals surface area contributed by atoms with Crippen LogP contribution in [0.1, 0.15) is 39.4 Å². The second kappa shape index (κ2) is 6.83. The van der Waals surface area contributed by atoms with Crippen LogP contribution in [0.25, 0.3) is 0 Å². The minimum absolute atomic E-state index is 0.0644. The van der Waals surface area contributed by atoms with Crippen LogP contribution in [-0.4, -0.2) is 21.4 Å². The first-order valence-corrected chi connectivity index (χ1v) is 10.5. The van der Waals surface area contributed by atoms with Gasteiger partial charge >= 0.3 is 5.97 Å². The molecular weight excluding hydrogens is 294 g/mol. The molecule has 124 valence electrons. The molecule has 0 amide bonds. The molecule has 1 rings (SSSR count). The molecule has 1 aromatic rings. The molecule has 1 aromatic carbocycles. The lowest BCUT2D eigenvalue weighted by molar-refractivity contribution is -0.148. The summed E-state index contributed by atoms with van der Waals surface area (Å²) < 4.78 is 11.4. The zero-order valence-corrected chi connectivity index (χ0v) is 15.8. The SMILES string of the molecule is COC(=O)[C@H](C)[C@@H](O[Si](C)(C)C(C)(C)C)c1ccc(N)cc1. The summed E-state index contributed by atoms with van der Waals surface area (Å²) in [6, 6.07) is 7.52. The van der Waals surface area contributed by atoms with E-state index in [-0.39, 0.29) is 23.0 Å².